The lowest BCUT2D eigenvalue weighted by Crippen LogP contribution is -2.53. The van der Waals surface area contributed by atoms with Crippen molar-refractivity contribution in [2.75, 3.05) is 28.3 Å². The molecule has 0 spiro atoms. The van der Waals surface area contributed by atoms with Crippen LogP contribution in [0.15, 0.2) is 66.7 Å². The smallest absolute Gasteiger partial charge is 0.242 e. The van der Waals surface area contributed by atoms with E-state index in [9.17, 15) is 9.59 Å². The molecule has 0 unspecified atom stereocenters. The van der Waals surface area contributed by atoms with Crippen molar-refractivity contribution in [2.45, 2.75) is 24.9 Å². The normalized spacial score (nSPS) is 12.8. The first kappa shape index (κ1) is 23.3. The maximum absolute atomic E-state index is 13.4. The third kappa shape index (κ3) is 5.45. The van der Waals surface area contributed by atoms with Gasteiger partial charge in [-0.25, -0.2) is 0 Å². The van der Waals surface area contributed by atoms with Gasteiger partial charge in [0.2, 0.25) is 11.8 Å². The van der Waals surface area contributed by atoms with Crippen molar-refractivity contribution in [1.29, 1.82) is 0 Å². The monoisotopic (exact) mass is 433 g/mol. The lowest BCUT2D eigenvalue weighted by atomic mass is 9.99. The maximum atomic E-state index is 13.4. The van der Waals surface area contributed by atoms with Gasteiger partial charge in [0, 0.05) is 20.5 Å². The van der Waals surface area contributed by atoms with E-state index in [-0.39, 0.29) is 11.8 Å². The fourth-order valence-corrected chi connectivity index (χ4v) is 3.87. The highest BCUT2D eigenvalue weighted by atomic mass is 16.5. The van der Waals surface area contributed by atoms with Gasteiger partial charge in [0.25, 0.3) is 0 Å². The van der Waals surface area contributed by atoms with Crippen molar-refractivity contribution in [3.05, 3.63) is 77.9 Å². The molecule has 0 heterocycles. The second-order valence-corrected chi connectivity index (χ2v) is 7.86. The topological polar surface area (TPSA) is 70.7 Å². The standard InChI is InChI=1S/C26H31N3O3/c1-27-23(16-19-9-12-20-7-5-6-8-21(20)15-19)26(31)29(3)24(25(30)28-2)17-18-10-13-22(32-4)14-11-18/h5-15,23-24,27H,16-17H2,1-4H3,(H,28,30)/t23-,24-/m1/s1. The van der Waals surface area contributed by atoms with E-state index in [1.165, 1.54) is 5.39 Å². The molecule has 3 aromatic carbocycles. The van der Waals surface area contributed by atoms with E-state index >= 15 is 0 Å². The molecule has 0 aliphatic carbocycles. The van der Waals surface area contributed by atoms with Crippen LogP contribution in [0.5, 0.6) is 5.75 Å². The number of hydrogen-bond acceptors (Lipinski definition) is 4. The summed E-state index contributed by atoms with van der Waals surface area (Å²) < 4.78 is 5.21. The van der Waals surface area contributed by atoms with Gasteiger partial charge in [0.1, 0.15) is 11.8 Å². The van der Waals surface area contributed by atoms with E-state index in [1.807, 2.05) is 42.5 Å². The van der Waals surface area contributed by atoms with Gasteiger partial charge in [-0.3, -0.25) is 9.59 Å². The van der Waals surface area contributed by atoms with Gasteiger partial charge in [-0.05, 0) is 47.5 Å². The number of hydrogen-bond donors (Lipinski definition) is 2. The second-order valence-electron chi connectivity index (χ2n) is 7.86. The number of amides is 2. The van der Waals surface area contributed by atoms with Crippen molar-refractivity contribution in [2.24, 2.45) is 0 Å². The highest BCUT2D eigenvalue weighted by molar-refractivity contribution is 5.90. The molecule has 0 saturated carbocycles. The third-order valence-electron chi connectivity index (χ3n) is 5.85. The Bertz CT molecular complexity index is 1070. The van der Waals surface area contributed by atoms with E-state index in [0.29, 0.717) is 12.8 Å². The molecule has 3 rings (SSSR count). The minimum absolute atomic E-state index is 0.122. The fraction of sp³-hybridized carbons (Fsp3) is 0.308. The van der Waals surface area contributed by atoms with E-state index in [4.69, 9.17) is 4.74 Å². The fourth-order valence-electron chi connectivity index (χ4n) is 3.87. The Balaban J connectivity index is 1.77. The zero-order chi connectivity index (χ0) is 23.1. The molecule has 0 aliphatic heterocycles. The molecule has 2 N–H and O–H groups in total. The average Bonchev–Trinajstić information content (AvgIpc) is 2.84. The van der Waals surface area contributed by atoms with Crippen LogP contribution in [0, 0.1) is 0 Å². The van der Waals surface area contributed by atoms with Crippen LogP contribution in [-0.4, -0.2) is 57.1 Å². The van der Waals surface area contributed by atoms with Gasteiger partial charge < -0.3 is 20.3 Å². The molecule has 32 heavy (non-hydrogen) atoms. The predicted molar refractivity (Wildman–Crippen MR) is 128 cm³/mol. The number of nitrogens with zero attached hydrogens (tertiary/aromatic N) is 1. The number of fused-ring (bicyclic) bond motifs is 1. The first-order valence-electron chi connectivity index (χ1n) is 10.7. The SMILES string of the molecule is CNC(=O)[C@@H](Cc1ccc(OC)cc1)N(C)C(=O)[C@@H](Cc1ccc2ccccc2c1)NC. The van der Waals surface area contributed by atoms with Crippen LogP contribution in [0.4, 0.5) is 0 Å². The lowest BCUT2D eigenvalue weighted by molar-refractivity contribution is -0.140. The van der Waals surface area contributed by atoms with Gasteiger partial charge in [-0.1, -0.05) is 54.6 Å². The maximum Gasteiger partial charge on any atom is 0.242 e. The number of methoxy groups -OCH3 is 1. The highest BCUT2D eigenvalue weighted by Gasteiger charge is 2.30. The number of ether oxygens (including phenoxy) is 1. The van der Waals surface area contributed by atoms with Crippen LogP contribution >= 0.6 is 0 Å². The van der Waals surface area contributed by atoms with E-state index in [1.54, 1.807) is 33.2 Å². The third-order valence-corrected chi connectivity index (χ3v) is 5.85. The zero-order valence-electron chi connectivity index (χ0n) is 19.1. The van der Waals surface area contributed by atoms with Crippen LogP contribution in [0.1, 0.15) is 11.1 Å². The molecule has 0 bridgehead atoms. The second kappa shape index (κ2) is 10.8. The number of carbonyl (C=O) groups is 2. The summed E-state index contributed by atoms with van der Waals surface area (Å²) in [5.41, 5.74) is 2.02. The molecule has 0 saturated heterocycles. The van der Waals surface area contributed by atoms with Crippen LogP contribution in [0.25, 0.3) is 10.8 Å². The zero-order valence-corrected chi connectivity index (χ0v) is 19.1. The summed E-state index contributed by atoms with van der Waals surface area (Å²) in [6.07, 6.45) is 0.950. The average molecular weight is 434 g/mol. The number of likely N-dealkylation sites (N-methyl/N-ethyl adjacent to an activating group) is 3. The minimum atomic E-state index is -0.617. The Morgan fingerprint density at radius 3 is 2.19 bits per heavy atom. The van der Waals surface area contributed by atoms with Gasteiger partial charge in [-0.2, -0.15) is 0 Å². The Labute approximate surface area is 189 Å². The van der Waals surface area contributed by atoms with Crippen LogP contribution in [0.2, 0.25) is 0 Å². The van der Waals surface area contributed by atoms with Crippen molar-refractivity contribution < 1.29 is 14.3 Å². The largest absolute Gasteiger partial charge is 0.497 e. The molecular formula is C26H31N3O3. The lowest BCUT2D eigenvalue weighted by Gasteiger charge is -2.30. The minimum Gasteiger partial charge on any atom is -0.497 e. The van der Waals surface area contributed by atoms with Crippen LogP contribution < -0.4 is 15.4 Å². The molecule has 3 aromatic rings. The van der Waals surface area contributed by atoms with Crippen molar-refractivity contribution in [3.63, 3.8) is 0 Å². The molecule has 0 aliphatic rings. The van der Waals surface area contributed by atoms with Crippen molar-refractivity contribution in [3.8, 4) is 5.75 Å². The molecular weight excluding hydrogens is 402 g/mol. The first-order valence-corrected chi connectivity index (χ1v) is 10.7. The summed E-state index contributed by atoms with van der Waals surface area (Å²) in [6.45, 7) is 0. The quantitative estimate of drug-likeness (QED) is 0.544. The molecule has 0 aromatic heterocycles. The molecule has 0 fully saturated rings. The summed E-state index contributed by atoms with van der Waals surface area (Å²) in [4.78, 5) is 27.6. The molecule has 2 amide bonds. The van der Waals surface area contributed by atoms with E-state index in [0.717, 1.165) is 22.3 Å². The van der Waals surface area contributed by atoms with Gasteiger partial charge in [0.15, 0.2) is 0 Å². The molecule has 0 radical (unpaired) electrons. The summed E-state index contributed by atoms with van der Waals surface area (Å²) >= 11 is 0. The number of carbonyl (C=O) groups excluding carboxylic acids is 2. The van der Waals surface area contributed by atoms with Crippen LogP contribution in [-0.2, 0) is 22.4 Å². The number of benzene rings is 3. The summed E-state index contributed by atoms with van der Waals surface area (Å²) in [7, 11) is 6.67. The molecule has 168 valence electrons. The number of rotatable bonds is 9. The summed E-state index contributed by atoms with van der Waals surface area (Å²) in [5, 5.41) is 8.13. The van der Waals surface area contributed by atoms with Crippen LogP contribution in [0.3, 0.4) is 0 Å². The highest BCUT2D eigenvalue weighted by Crippen LogP contribution is 2.18. The Morgan fingerprint density at radius 1 is 0.906 bits per heavy atom. The van der Waals surface area contributed by atoms with E-state index in [2.05, 4.69) is 34.9 Å². The summed E-state index contributed by atoms with van der Waals surface area (Å²) in [5.74, 6) is 0.431. The Hall–Kier alpha value is -3.38. The van der Waals surface area contributed by atoms with Gasteiger partial charge >= 0.3 is 0 Å². The molecule has 6 nitrogen and oxygen atoms in total. The number of nitrogens with one attached hydrogen (secondary N) is 2. The Kier molecular flexibility index (Phi) is 7.84. The Morgan fingerprint density at radius 2 is 1.56 bits per heavy atom. The van der Waals surface area contributed by atoms with Crippen molar-refractivity contribution in [1.82, 2.24) is 15.5 Å². The van der Waals surface area contributed by atoms with Gasteiger partial charge in [-0.15, -0.1) is 0 Å². The van der Waals surface area contributed by atoms with Crippen molar-refractivity contribution >= 4 is 22.6 Å². The predicted octanol–water partition coefficient (Wildman–Crippen LogP) is 2.79. The first-order chi connectivity index (χ1) is 15.5. The molecule has 6 heteroatoms. The molecule has 2 atom stereocenters. The summed E-state index contributed by atoms with van der Waals surface area (Å²) in [6, 6.07) is 20.9. The van der Waals surface area contributed by atoms with E-state index < -0.39 is 12.1 Å². The van der Waals surface area contributed by atoms with Gasteiger partial charge in [0.05, 0.1) is 13.2 Å².